The predicted octanol–water partition coefficient (Wildman–Crippen LogP) is 5.35. The van der Waals surface area contributed by atoms with E-state index < -0.39 is 33.7 Å². The van der Waals surface area contributed by atoms with Crippen LogP contribution in [0.5, 0.6) is 0 Å². The largest absolute Gasteiger partial charge is 0.445 e. The first kappa shape index (κ1) is 34.4. The minimum atomic E-state index is -3.74. The molecule has 12 nitrogen and oxygen atoms in total. The first-order valence-electron chi connectivity index (χ1n) is 14.7. The lowest BCUT2D eigenvalue weighted by molar-refractivity contribution is -0.118. The number of benzene rings is 3. The van der Waals surface area contributed by atoms with Gasteiger partial charge >= 0.3 is 11.7 Å². The van der Waals surface area contributed by atoms with Crippen LogP contribution < -0.4 is 26.3 Å². The molecule has 1 heterocycles. The SMILES string of the molecule is Cc1cc(NC(=O)[C@H](CCCCNS(=O)(=O)c2ccc(Cl)cc2)NC(=O)OCc2ccccc2)cc2nc(NC(C)C)oc(=O)c12. The highest BCUT2D eigenvalue weighted by Gasteiger charge is 2.23. The fourth-order valence-corrected chi connectivity index (χ4v) is 5.76. The number of sulfonamides is 1. The van der Waals surface area contributed by atoms with E-state index in [2.05, 4.69) is 25.7 Å². The van der Waals surface area contributed by atoms with Gasteiger partial charge in [0.25, 0.3) is 6.01 Å². The number of carbonyl (C=O) groups excluding carboxylic acids is 2. The second kappa shape index (κ2) is 15.7. The normalized spacial score (nSPS) is 12.1. The number of nitrogens with zero attached hydrogens (tertiary/aromatic N) is 1. The van der Waals surface area contributed by atoms with Gasteiger partial charge in [0.05, 0.1) is 15.8 Å². The zero-order chi connectivity index (χ0) is 33.3. The topological polar surface area (TPSA) is 169 Å². The van der Waals surface area contributed by atoms with Crippen LogP contribution in [0.1, 0.15) is 44.2 Å². The van der Waals surface area contributed by atoms with Crippen molar-refractivity contribution < 1.29 is 27.2 Å². The number of anilines is 2. The minimum Gasteiger partial charge on any atom is -0.445 e. The number of rotatable bonds is 14. The molecule has 46 heavy (non-hydrogen) atoms. The smallest absolute Gasteiger partial charge is 0.408 e. The summed E-state index contributed by atoms with van der Waals surface area (Å²) in [4.78, 5) is 43.3. The van der Waals surface area contributed by atoms with Crippen molar-refractivity contribution in [3.05, 3.63) is 93.3 Å². The van der Waals surface area contributed by atoms with Gasteiger partial charge in [-0.25, -0.2) is 22.7 Å². The summed E-state index contributed by atoms with van der Waals surface area (Å²) < 4.78 is 38.3. The number of nitrogens with one attached hydrogen (secondary N) is 4. The summed E-state index contributed by atoms with van der Waals surface area (Å²) >= 11 is 5.85. The van der Waals surface area contributed by atoms with Gasteiger partial charge in [0.15, 0.2) is 0 Å². The highest BCUT2D eigenvalue weighted by atomic mass is 35.5. The molecular formula is C32H36ClN5O7S. The number of hydrogen-bond acceptors (Lipinski definition) is 9. The number of hydrogen-bond donors (Lipinski definition) is 4. The fraction of sp³-hybridized carbons (Fsp3) is 0.312. The molecular weight excluding hydrogens is 634 g/mol. The van der Waals surface area contributed by atoms with Crippen molar-refractivity contribution in [1.29, 1.82) is 0 Å². The zero-order valence-electron chi connectivity index (χ0n) is 25.6. The zero-order valence-corrected chi connectivity index (χ0v) is 27.2. The third kappa shape index (κ3) is 9.77. The van der Waals surface area contributed by atoms with Crippen molar-refractivity contribution in [2.24, 2.45) is 0 Å². The number of aryl methyl sites for hydroxylation is 1. The fourth-order valence-electron chi connectivity index (χ4n) is 4.56. The quantitative estimate of drug-likeness (QED) is 0.129. The van der Waals surface area contributed by atoms with Crippen LogP contribution in [0.4, 0.5) is 16.5 Å². The molecule has 0 unspecified atom stereocenters. The van der Waals surface area contributed by atoms with E-state index >= 15 is 0 Å². The first-order valence-corrected chi connectivity index (χ1v) is 16.5. The molecule has 4 N–H and O–H groups in total. The minimum absolute atomic E-state index is 0.0123. The van der Waals surface area contributed by atoms with E-state index in [1.54, 1.807) is 31.2 Å². The lowest BCUT2D eigenvalue weighted by Gasteiger charge is -2.19. The number of alkyl carbamates (subject to hydrolysis) is 1. The maximum absolute atomic E-state index is 13.5. The molecule has 4 rings (SSSR count). The number of fused-ring (bicyclic) bond motifs is 1. The molecule has 0 radical (unpaired) electrons. The summed E-state index contributed by atoms with van der Waals surface area (Å²) in [6.07, 6.45) is 0.179. The van der Waals surface area contributed by atoms with Crippen molar-refractivity contribution in [3.8, 4) is 0 Å². The van der Waals surface area contributed by atoms with Crippen LogP contribution in [0.15, 0.2) is 80.8 Å². The predicted molar refractivity (Wildman–Crippen MR) is 176 cm³/mol. The third-order valence-electron chi connectivity index (χ3n) is 6.77. The summed E-state index contributed by atoms with van der Waals surface area (Å²) in [7, 11) is -3.74. The lowest BCUT2D eigenvalue weighted by Crippen LogP contribution is -2.44. The van der Waals surface area contributed by atoms with Gasteiger partial charge in [-0.1, -0.05) is 41.9 Å². The van der Waals surface area contributed by atoms with Crippen LogP contribution >= 0.6 is 11.6 Å². The molecule has 1 atom stereocenters. The summed E-state index contributed by atoms with van der Waals surface area (Å²) in [6, 6.07) is 17.1. The summed E-state index contributed by atoms with van der Waals surface area (Å²) in [6.45, 7) is 5.58. The van der Waals surface area contributed by atoms with Gasteiger partial charge in [0.2, 0.25) is 15.9 Å². The van der Waals surface area contributed by atoms with Gasteiger partial charge in [-0.15, -0.1) is 0 Å². The Hall–Kier alpha value is -4.46. The van der Waals surface area contributed by atoms with Crippen LogP contribution in [-0.2, 0) is 26.2 Å². The molecule has 0 aliphatic rings. The molecule has 0 aliphatic carbocycles. The van der Waals surface area contributed by atoms with Gasteiger partial charge in [0, 0.05) is 23.3 Å². The number of halogens is 1. The molecule has 0 fully saturated rings. The lowest BCUT2D eigenvalue weighted by atomic mass is 10.1. The molecule has 0 aliphatic heterocycles. The van der Waals surface area contributed by atoms with E-state index in [0.29, 0.717) is 34.6 Å². The van der Waals surface area contributed by atoms with E-state index in [4.69, 9.17) is 20.8 Å². The first-order chi connectivity index (χ1) is 21.9. The molecule has 0 saturated heterocycles. The Balaban J connectivity index is 1.44. The molecule has 244 valence electrons. The monoisotopic (exact) mass is 669 g/mol. The number of unbranched alkanes of at least 4 members (excludes halogenated alkanes) is 1. The number of carbonyl (C=O) groups is 2. The third-order valence-corrected chi connectivity index (χ3v) is 8.50. The maximum Gasteiger partial charge on any atom is 0.408 e. The van der Waals surface area contributed by atoms with Crippen molar-refractivity contribution in [2.45, 2.75) is 63.6 Å². The Morgan fingerprint density at radius 1 is 1.02 bits per heavy atom. The Labute approximate surface area is 271 Å². The van der Waals surface area contributed by atoms with Gasteiger partial charge in [-0.3, -0.25) is 4.79 Å². The molecule has 4 aromatic rings. The molecule has 14 heteroatoms. The van der Waals surface area contributed by atoms with E-state index in [0.717, 1.165) is 5.56 Å². The molecule has 2 amide bonds. The molecule has 1 aromatic heterocycles. The average Bonchev–Trinajstić information content (AvgIpc) is 2.99. The summed E-state index contributed by atoms with van der Waals surface area (Å²) in [5, 5.41) is 9.09. The molecule has 0 spiro atoms. The van der Waals surface area contributed by atoms with Crippen molar-refractivity contribution in [1.82, 2.24) is 15.0 Å². The van der Waals surface area contributed by atoms with Gasteiger partial charge in [-0.2, -0.15) is 4.98 Å². The molecule has 0 bridgehead atoms. The van der Waals surface area contributed by atoms with Crippen molar-refractivity contribution in [3.63, 3.8) is 0 Å². The van der Waals surface area contributed by atoms with Crippen LogP contribution in [0.2, 0.25) is 5.02 Å². The van der Waals surface area contributed by atoms with Crippen molar-refractivity contribution >= 4 is 56.2 Å². The number of aromatic nitrogens is 1. The highest BCUT2D eigenvalue weighted by molar-refractivity contribution is 7.89. The van der Waals surface area contributed by atoms with Crippen LogP contribution in [0.3, 0.4) is 0 Å². The second-order valence-electron chi connectivity index (χ2n) is 10.9. The second-order valence-corrected chi connectivity index (χ2v) is 13.1. The number of ether oxygens (including phenoxy) is 1. The Morgan fingerprint density at radius 3 is 2.43 bits per heavy atom. The van der Waals surface area contributed by atoms with Gasteiger partial charge < -0.3 is 25.1 Å². The molecule has 3 aromatic carbocycles. The van der Waals surface area contributed by atoms with E-state index in [9.17, 15) is 22.8 Å². The standard InChI is InChI=1S/C32H36ClN5O7S/c1-20(2)35-31-37-27-18-24(17-21(3)28(27)30(40)45-31)36-29(39)26(38-32(41)44-19-22-9-5-4-6-10-22)11-7-8-16-34-46(42,43)25-14-12-23(33)13-15-25/h4-6,9-10,12-15,17-18,20,26,34H,7-8,11,16,19H2,1-3H3,(H,35,37)(H,36,39)(H,38,41)/t26-/m0/s1. The van der Waals surface area contributed by atoms with Gasteiger partial charge in [-0.05, 0) is 87.6 Å². The number of amides is 2. The van der Waals surface area contributed by atoms with E-state index in [-0.39, 0.29) is 41.9 Å². The van der Waals surface area contributed by atoms with Gasteiger partial charge in [0.1, 0.15) is 12.6 Å². The highest BCUT2D eigenvalue weighted by Crippen LogP contribution is 2.22. The van der Waals surface area contributed by atoms with E-state index in [1.807, 2.05) is 32.0 Å². The van der Waals surface area contributed by atoms with Crippen LogP contribution in [0.25, 0.3) is 10.9 Å². The van der Waals surface area contributed by atoms with Crippen LogP contribution in [0, 0.1) is 6.92 Å². The van der Waals surface area contributed by atoms with E-state index in [1.165, 1.54) is 24.3 Å². The van der Waals surface area contributed by atoms with Crippen molar-refractivity contribution in [2.75, 3.05) is 17.2 Å². The summed E-state index contributed by atoms with van der Waals surface area (Å²) in [5.41, 5.74) is 1.46. The maximum atomic E-state index is 13.5. The average molecular weight is 670 g/mol. The molecule has 0 saturated carbocycles. The Kier molecular flexibility index (Phi) is 11.7. The Morgan fingerprint density at radius 2 is 1.74 bits per heavy atom. The Bertz CT molecular complexity index is 1830. The summed E-state index contributed by atoms with van der Waals surface area (Å²) in [5.74, 6) is -0.527. The van der Waals surface area contributed by atoms with Crippen LogP contribution in [-0.4, -0.2) is 44.0 Å².